The zero-order valence-corrected chi connectivity index (χ0v) is 13.6. The van der Waals surface area contributed by atoms with E-state index in [1.54, 1.807) is 18.3 Å². The molecule has 0 aromatic carbocycles. The van der Waals surface area contributed by atoms with Crippen LogP contribution in [0.3, 0.4) is 0 Å². The molecule has 2 heterocycles. The van der Waals surface area contributed by atoms with Gasteiger partial charge in [0, 0.05) is 28.3 Å². The summed E-state index contributed by atoms with van der Waals surface area (Å²) in [5.74, 6) is -0.241. The molecule has 0 radical (unpaired) electrons. The Labute approximate surface area is 131 Å². The first kappa shape index (κ1) is 15.9. The quantitative estimate of drug-likeness (QED) is 0.845. The van der Waals surface area contributed by atoms with Gasteiger partial charge in [-0.3, -0.25) is 9.78 Å². The van der Waals surface area contributed by atoms with Crippen LogP contribution < -0.4 is 5.32 Å². The van der Waals surface area contributed by atoms with Crippen molar-refractivity contribution in [2.45, 2.75) is 17.6 Å². The fourth-order valence-electron chi connectivity index (χ4n) is 1.73. The largest absolute Gasteiger partial charge is 0.350 e. The lowest BCUT2D eigenvalue weighted by Gasteiger charge is -2.05. The minimum Gasteiger partial charge on any atom is -0.350 e. The number of nitrogens with one attached hydrogen (secondary N) is 1. The Morgan fingerprint density at radius 3 is 2.76 bits per heavy atom. The molecule has 21 heavy (non-hydrogen) atoms. The van der Waals surface area contributed by atoms with Crippen molar-refractivity contribution in [1.29, 1.82) is 0 Å². The Balaban J connectivity index is 1.92. The van der Waals surface area contributed by atoms with Crippen molar-refractivity contribution in [3.05, 3.63) is 46.6 Å². The summed E-state index contributed by atoms with van der Waals surface area (Å²) in [4.78, 5) is 16.8. The molecule has 1 amide bonds. The zero-order valence-electron chi connectivity index (χ0n) is 11.2. The Bertz CT molecular complexity index is 756. The minimum absolute atomic E-state index is 0.117. The number of carbonyl (C=O) groups excluding carboxylic acids is 1. The van der Waals surface area contributed by atoms with Crippen LogP contribution in [-0.4, -0.2) is 25.9 Å². The van der Waals surface area contributed by atoms with Gasteiger partial charge in [-0.05, 0) is 37.1 Å². The minimum atomic E-state index is -3.68. The summed E-state index contributed by atoms with van der Waals surface area (Å²) in [6.45, 7) is 2.22. The van der Waals surface area contributed by atoms with E-state index in [1.165, 1.54) is 6.07 Å². The van der Waals surface area contributed by atoms with Crippen molar-refractivity contribution in [2.24, 2.45) is 0 Å². The molecule has 0 saturated heterocycles. The Hall–Kier alpha value is -1.44. The Morgan fingerprint density at radius 2 is 2.14 bits per heavy atom. The summed E-state index contributed by atoms with van der Waals surface area (Å²) in [5, 5.41) is 2.76. The molecule has 0 atom stereocenters. The molecule has 0 bridgehead atoms. The van der Waals surface area contributed by atoms with Gasteiger partial charge in [0.25, 0.3) is 15.0 Å². The van der Waals surface area contributed by atoms with E-state index in [-0.39, 0.29) is 10.1 Å². The molecular weight excluding hydrogens is 332 g/mol. The normalized spacial score (nSPS) is 11.3. The topological polar surface area (TPSA) is 76.1 Å². The van der Waals surface area contributed by atoms with Gasteiger partial charge in [0.2, 0.25) is 0 Å². The van der Waals surface area contributed by atoms with Crippen molar-refractivity contribution >= 4 is 37.0 Å². The second-order valence-corrected chi connectivity index (χ2v) is 8.29. The summed E-state index contributed by atoms with van der Waals surface area (Å²) in [6, 6.07) is 6.75. The number of pyridine rings is 1. The second kappa shape index (κ2) is 6.55. The standard InChI is InChI=1S/C13H13ClN2O3S2/c1-9-3-2-7-15-12(9)13(17)16-8-6-10-4-5-11(20-10)21(14,18)19/h2-5,7H,6,8H2,1H3,(H,16,17). The highest BCUT2D eigenvalue weighted by molar-refractivity contribution is 8.15. The number of amides is 1. The van der Waals surface area contributed by atoms with E-state index in [9.17, 15) is 13.2 Å². The van der Waals surface area contributed by atoms with E-state index in [4.69, 9.17) is 10.7 Å². The number of thiophene rings is 1. The number of rotatable bonds is 5. The van der Waals surface area contributed by atoms with Crippen LogP contribution in [-0.2, 0) is 15.5 Å². The van der Waals surface area contributed by atoms with Crippen LogP contribution in [0.5, 0.6) is 0 Å². The Morgan fingerprint density at radius 1 is 1.38 bits per heavy atom. The first-order chi connectivity index (χ1) is 9.88. The number of aryl methyl sites for hydroxylation is 1. The van der Waals surface area contributed by atoms with Crippen LogP contribution in [0.1, 0.15) is 20.9 Å². The van der Waals surface area contributed by atoms with Crippen molar-refractivity contribution in [3.63, 3.8) is 0 Å². The van der Waals surface area contributed by atoms with Crippen LogP contribution in [0.4, 0.5) is 0 Å². The fraction of sp³-hybridized carbons (Fsp3) is 0.231. The average Bonchev–Trinajstić information content (AvgIpc) is 2.88. The van der Waals surface area contributed by atoms with Gasteiger partial charge in [0.1, 0.15) is 9.90 Å². The molecule has 8 heteroatoms. The van der Waals surface area contributed by atoms with Crippen LogP contribution in [0.2, 0.25) is 0 Å². The molecular formula is C13H13ClN2O3S2. The third kappa shape index (κ3) is 4.26. The number of hydrogen-bond donors (Lipinski definition) is 1. The highest BCUT2D eigenvalue weighted by Crippen LogP contribution is 2.24. The fourth-order valence-corrected chi connectivity index (χ4v) is 3.85. The van der Waals surface area contributed by atoms with E-state index >= 15 is 0 Å². The first-order valence-corrected chi connectivity index (χ1v) is 9.23. The maximum absolute atomic E-state index is 11.9. The van der Waals surface area contributed by atoms with E-state index in [2.05, 4.69) is 10.3 Å². The van der Waals surface area contributed by atoms with Gasteiger partial charge in [0.05, 0.1) is 0 Å². The lowest BCUT2D eigenvalue weighted by atomic mass is 10.2. The van der Waals surface area contributed by atoms with Crippen molar-refractivity contribution in [3.8, 4) is 0 Å². The van der Waals surface area contributed by atoms with Gasteiger partial charge in [-0.1, -0.05) is 6.07 Å². The molecule has 2 rings (SSSR count). The number of carbonyl (C=O) groups is 1. The maximum Gasteiger partial charge on any atom is 0.270 e. The molecule has 2 aromatic heterocycles. The van der Waals surface area contributed by atoms with Crippen LogP contribution in [0, 0.1) is 6.92 Å². The molecule has 0 aliphatic rings. The third-order valence-corrected chi connectivity index (χ3v) is 6.00. The summed E-state index contributed by atoms with van der Waals surface area (Å²) in [6.07, 6.45) is 2.10. The highest BCUT2D eigenvalue weighted by atomic mass is 35.7. The van der Waals surface area contributed by atoms with E-state index in [0.29, 0.717) is 18.7 Å². The first-order valence-electron chi connectivity index (χ1n) is 6.11. The SMILES string of the molecule is Cc1cccnc1C(=O)NCCc1ccc(S(=O)(=O)Cl)s1. The number of aromatic nitrogens is 1. The molecule has 2 aromatic rings. The lowest BCUT2D eigenvalue weighted by molar-refractivity contribution is 0.0948. The molecule has 0 fully saturated rings. The van der Waals surface area contributed by atoms with Crippen LogP contribution in [0.25, 0.3) is 0 Å². The molecule has 0 aliphatic heterocycles. The van der Waals surface area contributed by atoms with Crippen LogP contribution >= 0.6 is 22.0 Å². The third-order valence-electron chi connectivity index (χ3n) is 2.76. The van der Waals surface area contributed by atoms with Gasteiger partial charge in [-0.25, -0.2) is 8.42 Å². The molecule has 112 valence electrons. The molecule has 0 unspecified atom stereocenters. The molecule has 0 aliphatic carbocycles. The zero-order chi connectivity index (χ0) is 15.5. The van der Waals surface area contributed by atoms with E-state index < -0.39 is 9.05 Å². The van der Waals surface area contributed by atoms with Gasteiger partial charge in [0.15, 0.2) is 0 Å². The predicted molar refractivity (Wildman–Crippen MR) is 82.4 cm³/mol. The summed E-state index contributed by atoms with van der Waals surface area (Å²) < 4.78 is 22.4. The highest BCUT2D eigenvalue weighted by Gasteiger charge is 2.13. The number of nitrogens with zero attached hydrogens (tertiary/aromatic N) is 1. The van der Waals surface area contributed by atoms with Crippen molar-refractivity contribution in [2.75, 3.05) is 6.54 Å². The summed E-state index contributed by atoms with van der Waals surface area (Å²) >= 11 is 1.10. The molecule has 0 saturated carbocycles. The van der Waals surface area contributed by atoms with Gasteiger partial charge < -0.3 is 5.32 Å². The Kier molecular flexibility index (Phi) is 4.97. The average molecular weight is 345 g/mol. The van der Waals surface area contributed by atoms with Gasteiger partial charge in [-0.2, -0.15) is 0 Å². The predicted octanol–water partition coefficient (Wildman–Crippen LogP) is 2.35. The van der Waals surface area contributed by atoms with Crippen molar-refractivity contribution < 1.29 is 13.2 Å². The molecule has 0 spiro atoms. The molecule has 1 N–H and O–H groups in total. The van der Waals surface area contributed by atoms with E-state index in [1.807, 2.05) is 13.0 Å². The van der Waals surface area contributed by atoms with E-state index in [0.717, 1.165) is 21.8 Å². The van der Waals surface area contributed by atoms with Crippen LogP contribution in [0.15, 0.2) is 34.7 Å². The molecule has 5 nitrogen and oxygen atoms in total. The van der Waals surface area contributed by atoms with Gasteiger partial charge in [-0.15, -0.1) is 11.3 Å². The van der Waals surface area contributed by atoms with Gasteiger partial charge >= 0.3 is 0 Å². The summed E-state index contributed by atoms with van der Waals surface area (Å²) in [7, 11) is 1.58. The maximum atomic E-state index is 11.9. The lowest BCUT2D eigenvalue weighted by Crippen LogP contribution is -2.27. The number of hydrogen-bond acceptors (Lipinski definition) is 5. The monoisotopic (exact) mass is 344 g/mol. The summed E-state index contributed by atoms with van der Waals surface area (Å²) in [5.41, 5.74) is 1.20. The van der Waals surface area contributed by atoms with Crippen molar-refractivity contribution in [1.82, 2.24) is 10.3 Å². The number of halogens is 1. The second-order valence-electron chi connectivity index (χ2n) is 4.33. The smallest absolute Gasteiger partial charge is 0.270 e.